The quantitative estimate of drug-likeness (QED) is 0.634. The monoisotopic (exact) mass is 353 g/mol. The van der Waals surface area contributed by atoms with Crippen LogP contribution < -0.4 is 5.32 Å². The molecule has 0 aliphatic carbocycles. The molecule has 1 N–H and O–H groups in total. The van der Waals surface area contributed by atoms with Crippen LogP contribution in [0.1, 0.15) is 42.7 Å². The van der Waals surface area contributed by atoms with Gasteiger partial charge in [-0.3, -0.25) is 4.79 Å². The normalized spacial score (nSPS) is 12.2. The SMILES string of the molecule is CCCC(C)NC(=O)c1ccc(SCc2cn3ccccc3n2)cc1. The highest BCUT2D eigenvalue weighted by molar-refractivity contribution is 7.98. The van der Waals surface area contributed by atoms with Crippen molar-refractivity contribution >= 4 is 23.3 Å². The third-order valence-corrected chi connectivity index (χ3v) is 5.06. The van der Waals surface area contributed by atoms with Crippen molar-refractivity contribution in [1.29, 1.82) is 0 Å². The van der Waals surface area contributed by atoms with Gasteiger partial charge in [-0.25, -0.2) is 4.98 Å². The molecule has 2 aromatic heterocycles. The number of pyridine rings is 1. The first-order valence-electron chi connectivity index (χ1n) is 8.62. The number of hydrogen-bond donors (Lipinski definition) is 1. The molecule has 0 fully saturated rings. The van der Waals surface area contributed by atoms with Crippen LogP contribution >= 0.6 is 11.8 Å². The lowest BCUT2D eigenvalue weighted by Gasteiger charge is -2.12. The standard InChI is InChI=1S/C20H23N3OS/c1-3-6-15(2)21-20(24)16-8-10-18(11-9-16)25-14-17-13-23-12-5-4-7-19(23)22-17/h4-5,7-13,15H,3,6,14H2,1-2H3,(H,21,24). The molecule has 1 atom stereocenters. The van der Waals surface area contributed by atoms with Crippen molar-refractivity contribution in [3.8, 4) is 0 Å². The van der Waals surface area contributed by atoms with E-state index in [9.17, 15) is 4.79 Å². The lowest BCUT2D eigenvalue weighted by Crippen LogP contribution is -2.32. The Labute approximate surface area is 152 Å². The van der Waals surface area contributed by atoms with E-state index in [1.165, 1.54) is 0 Å². The topological polar surface area (TPSA) is 46.4 Å². The zero-order chi connectivity index (χ0) is 17.6. The van der Waals surface area contributed by atoms with E-state index in [1.54, 1.807) is 11.8 Å². The minimum absolute atomic E-state index is 0.00199. The zero-order valence-electron chi connectivity index (χ0n) is 14.6. The predicted octanol–water partition coefficient (Wildman–Crippen LogP) is 4.55. The number of nitrogens with one attached hydrogen (secondary N) is 1. The number of thioether (sulfide) groups is 1. The van der Waals surface area contributed by atoms with Crippen LogP contribution in [0.5, 0.6) is 0 Å². The van der Waals surface area contributed by atoms with Gasteiger partial charge in [-0.2, -0.15) is 0 Å². The van der Waals surface area contributed by atoms with Crippen molar-refractivity contribution < 1.29 is 4.79 Å². The number of carbonyl (C=O) groups excluding carboxylic acids is 1. The average Bonchev–Trinajstić information content (AvgIpc) is 3.03. The molecule has 0 aliphatic rings. The van der Waals surface area contributed by atoms with Crippen LogP contribution in [0.4, 0.5) is 0 Å². The summed E-state index contributed by atoms with van der Waals surface area (Å²) in [6.07, 6.45) is 6.13. The zero-order valence-corrected chi connectivity index (χ0v) is 15.4. The number of hydrogen-bond acceptors (Lipinski definition) is 3. The molecule has 0 radical (unpaired) electrons. The summed E-state index contributed by atoms with van der Waals surface area (Å²) in [4.78, 5) is 17.9. The predicted molar refractivity (Wildman–Crippen MR) is 103 cm³/mol. The molecule has 0 bridgehead atoms. The molecule has 4 nitrogen and oxygen atoms in total. The summed E-state index contributed by atoms with van der Waals surface area (Å²) in [5.74, 6) is 0.804. The number of carbonyl (C=O) groups is 1. The van der Waals surface area contributed by atoms with Gasteiger partial charge in [-0.1, -0.05) is 19.4 Å². The van der Waals surface area contributed by atoms with E-state index in [2.05, 4.69) is 23.4 Å². The second kappa shape index (κ2) is 8.21. The van der Waals surface area contributed by atoms with Crippen molar-refractivity contribution in [3.63, 3.8) is 0 Å². The van der Waals surface area contributed by atoms with E-state index < -0.39 is 0 Å². The minimum atomic E-state index is -0.00199. The van der Waals surface area contributed by atoms with Gasteiger partial charge in [0.1, 0.15) is 5.65 Å². The van der Waals surface area contributed by atoms with Crippen molar-refractivity contribution in [2.75, 3.05) is 0 Å². The third kappa shape index (κ3) is 4.63. The van der Waals surface area contributed by atoms with Crippen LogP contribution in [-0.4, -0.2) is 21.3 Å². The van der Waals surface area contributed by atoms with Crippen molar-refractivity contribution in [2.45, 2.75) is 43.4 Å². The summed E-state index contributed by atoms with van der Waals surface area (Å²) in [6, 6.07) is 14.0. The molecule has 0 spiro atoms. The maximum atomic E-state index is 12.2. The van der Waals surface area contributed by atoms with Crippen LogP contribution in [0.15, 0.2) is 59.8 Å². The second-order valence-electron chi connectivity index (χ2n) is 6.17. The second-order valence-corrected chi connectivity index (χ2v) is 7.22. The van der Waals surface area contributed by atoms with Gasteiger partial charge < -0.3 is 9.72 Å². The lowest BCUT2D eigenvalue weighted by molar-refractivity contribution is 0.0938. The van der Waals surface area contributed by atoms with Crippen LogP contribution in [0, 0.1) is 0 Å². The molecule has 25 heavy (non-hydrogen) atoms. The van der Waals surface area contributed by atoms with E-state index in [1.807, 2.05) is 60.0 Å². The molecule has 1 unspecified atom stereocenters. The Bertz CT molecular complexity index is 809. The summed E-state index contributed by atoms with van der Waals surface area (Å²) in [5, 5.41) is 3.03. The summed E-state index contributed by atoms with van der Waals surface area (Å²) >= 11 is 1.72. The number of nitrogens with zero attached hydrogens (tertiary/aromatic N) is 2. The molecule has 0 saturated carbocycles. The smallest absolute Gasteiger partial charge is 0.251 e. The molecule has 1 amide bonds. The lowest BCUT2D eigenvalue weighted by atomic mass is 10.1. The molecule has 5 heteroatoms. The Kier molecular flexibility index (Phi) is 5.76. The Morgan fingerprint density at radius 2 is 2.04 bits per heavy atom. The highest BCUT2D eigenvalue weighted by Gasteiger charge is 2.09. The molecule has 2 heterocycles. The maximum absolute atomic E-state index is 12.2. The number of fused-ring (bicyclic) bond motifs is 1. The first kappa shape index (κ1) is 17.5. The van der Waals surface area contributed by atoms with Crippen molar-refractivity contribution in [1.82, 2.24) is 14.7 Å². The number of imidazole rings is 1. The van der Waals surface area contributed by atoms with Gasteiger partial charge in [0.25, 0.3) is 5.91 Å². The first-order chi connectivity index (χ1) is 12.2. The van der Waals surface area contributed by atoms with Crippen LogP contribution in [0.25, 0.3) is 5.65 Å². The van der Waals surface area contributed by atoms with Gasteiger partial charge in [0, 0.05) is 34.6 Å². The van der Waals surface area contributed by atoms with Crippen LogP contribution in [0.2, 0.25) is 0 Å². The van der Waals surface area contributed by atoms with Crippen LogP contribution in [-0.2, 0) is 5.75 Å². The molecule has 0 saturated heterocycles. The van der Waals surface area contributed by atoms with Gasteiger partial charge >= 0.3 is 0 Å². The number of benzene rings is 1. The Balaban J connectivity index is 1.57. The molecule has 0 aliphatic heterocycles. The van der Waals surface area contributed by atoms with E-state index in [0.29, 0.717) is 5.56 Å². The molecular formula is C20H23N3OS. The summed E-state index contributed by atoms with van der Waals surface area (Å²) in [5.41, 5.74) is 2.72. The Hall–Kier alpha value is -2.27. The largest absolute Gasteiger partial charge is 0.350 e. The fourth-order valence-electron chi connectivity index (χ4n) is 2.73. The van der Waals surface area contributed by atoms with Crippen molar-refractivity contribution in [2.24, 2.45) is 0 Å². The average molecular weight is 353 g/mol. The maximum Gasteiger partial charge on any atom is 0.251 e. The van der Waals surface area contributed by atoms with Gasteiger partial charge in [-0.15, -0.1) is 11.8 Å². The van der Waals surface area contributed by atoms with E-state index in [4.69, 9.17) is 0 Å². The molecular weight excluding hydrogens is 330 g/mol. The fourth-order valence-corrected chi connectivity index (χ4v) is 3.51. The highest BCUT2D eigenvalue weighted by Crippen LogP contribution is 2.23. The Morgan fingerprint density at radius 1 is 1.24 bits per heavy atom. The van der Waals surface area contributed by atoms with E-state index in [-0.39, 0.29) is 11.9 Å². The number of rotatable bonds is 7. The molecule has 1 aromatic carbocycles. The van der Waals surface area contributed by atoms with Gasteiger partial charge in [0.05, 0.1) is 5.69 Å². The van der Waals surface area contributed by atoms with Gasteiger partial charge in [-0.05, 0) is 49.7 Å². The summed E-state index contributed by atoms with van der Waals surface area (Å²) in [6.45, 7) is 4.16. The molecule has 130 valence electrons. The van der Waals surface area contributed by atoms with Crippen LogP contribution in [0.3, 0.4) is 0 Å². The summed E-state index contributed by atoms with van der Waals surface area (Å²) in [7, 11) is 0. The first-order valence-corrected chi connectivity index (χ1v) is 9.60. The van der Waals surface area contributed by atoms with Crippen molar-refractivity contribution in [3.05, 3.63) is 66.1 Å². The van der Waals surface area contributed by atoms with E-state index >= 15 is 0 Å². The van der Waals surface area contributed by atoms with E-state index in [0.717, 1.165) is 34.8 Å². The molecule has 3 rings (SSSR count). The summed E-state index contributed by atoms with van der Waals surface area (Å²) < 4.78 is 2.03. The highest BCUT2D eigenvalue weighted by atomic mass is 32.2. The third-order valence-electron chi connectivity index (χ3n) is 4.02. The van der Waals surface area contributed by atoms with Gasteiger partial charge in [0.15, 0.2) is 0 Å². The number of amides is 1. The number of aromatic nitrogens is 2. The molecule has 3 aromatic rings. The minimum Gasteiger partial charge on any atom is -0.350 e. The fraction of sp³-hybridized carbons (Fsp3) is 0.300. The Morgan fingerprint density at radius 3 is 2.76 bits per heavy atom. The van der Waals surface area contributed by atoms with Gasteiger partial charge in [0.2, 0.25) is 0 Å².